The van der Waals surface area contributed by atoms with E-state index in [2.05, 4.69) is 52.1 Å². The molecule has 0 aromatic heterocycles. The molecular formula is C19H31NO. The zero-order valence-corrected chi connectivity index (χ0v) is 14.5. The van der Waals surface area contributed by atoms with Crippen LogP contribution < -0.4 is 10.1 Å². The number of aryl methyl sites for hydroxylation is 2. The average molecular weight is 289 g/mol. The smallest absolute Gasteiger partial charge is 0.124 e. The van der Waals surface area contributed by atoms with Crippen LogP contribution in [0.1, 0.15) is 62.8 Å². The Morgan fingerprint density at radius 2 is 2.05 bits per heavy atom. The first-order valence-corrected chi connectivity index (χ1v) is 8.29. The molecule has 1 aliphatic carbocycles. The van der Waals surface area contributed by atoms with E-state index in [9.17, 15) is 0 Å². The highest BCUT2D eigenvalue weighted by molar-refractivity contribution is 5.45. The van der Waals surface area contributed by atoms with Crippen molar-refractivity contribution in [3.63, 3.8) is 0 Å². The van der Waals surface area contributed by atoms with Gasteiger partial charge in [-0.2, -0.15) is 0 Å². The second-order valence-electron chi connectivity index (χ2n) is 7.22. The first kappa shape index (κ1) is 16.4. The summed E-state index contributed by atoms with van der Waals surface area (Å²) in [6, 6.07) is 4.85. The Balaban J connectivity index is 2.48. The van der Waals surface area contributed by atoms with Crippen molar-refractivity contribution >= 4 is 0 Å². The van der Waals surface area contributed by atoms with E-state index in [0.29, 0.717) is 17.4 Å². The van der Waals surface area contributed by atoms with Gasteiger partial charge in [0.1, 0.15) is 5.75 Å². The van der Waals surface area contributed by atoms with Gasteiger partial charge in [0.15, 0.2) is 0 Å². The molecule has 0 saturated heterocycles. The zero-order valence-electron chi connectivity index (χ0n) is 14.5. The summed E-state index contributed by atoms with van der Waals surface area (Å²) in [6.07, 6.45) is 3.97. The topological polar surface area (TPSA) is 21.3 Å². The van der Waals surface area contributed by atoms with E-state index in [1.54, 1.807) is 7.11 Å². The lowest BCUT2D eigenvalue weighted by Crippen LogP contribution is -2.34. The summed E-state index contributed by atoms with van der Waals surface area (Å²) >= 11 is 0. The maximum absolute atomic E-state index is 5.72. The molecule has 1 aromatic rings. The Hall–Kier alpha value is -1.02. The minimum Gasteiger partial charge on any atom is -0.496 e. The Bertz CT molecular complexity index is 493. The normalized spacial score (nSPS) is 22.3. The van der Waals surface area contributed by atoms with Crippen molar-refractivity contribution < 1.29 is 4.74 Å². The molecule has 2 heteroatoms. The molecule has 1 aromatic carbocycles. The van der Waals surface area contributed by atoms with Crippen LogP contribution in [0.5, 0.6) is 5.75 Å². The van der Waals surface area contributed by atoms with E-state index in [1.807, 2.05) is 0 Å². The highest BCUT2D eigenvalue weighted by Gasteiger charge is 2.41. The van der Waals surface area contributed by atoms with Gasteiger partial charge in [-0.05, 0) is 61.8 Å². The van der Waals surface area contributed by atoms with E-state index in [1.165, 1.54) is 36.0 Å². The maximum Gasteiger partial charge on any atom is 0.124 e. The minimum atomic E-state index is 0.392. The van der Waals surface area contributed by atoms with Crippen molar-refractivity contribution in [2.75, 3.05) is 13.7 Å². The zero-order chi connectivity index (χ0) is 15.6. The quantitative estimate of drug-likeness (QED) is 0.841. The third-order valence-corrected chi connectivity index (χ3v) is 5.19. The summed E-state index contributed by atoms with van der Waals surface area (Å²) < 4.78 is 5.72. The molecule has 0 aliphatic heterocycles. The third-order valence-electron chi connectivity index (χ3n) is 5.19. The van der Waals surface area contributed by atoms with Crippen LogP contribution in [0.3, 0.4) is 0 Å². The van der Waals surface area contributed by atoms with Crippen LogP contribution in [-0.4, -0.2) is 13.7 Å². The lowest BCUT2D eigenvalue weighted by Gasteiger charge is -2.36. The van der Waals surface area contributed by atoms with E-state index >= 15 is 0 Å². The van der Waals surface area contributed by atoms with Gasteiger partial charge in [-0.15, -0.1) is 0 Å². The molecule has 0 amide bonds. The molecular weight excluding hydrogens is 258 g/mol. The maximum atomic E-state index is 5.72. The number of hydrogen-bond acceptors (Lipinski definition) is 2. The number of methoxy groups -OCH3 is 1. The van der Waals surface area contributed by atoms with Crippen LogP contribution in [0.25, 0.3) is 0 Å². The van der Waals surface area contributed by atoms with Crippen molar-refractivity contribution in [3.05, 3.63) is 28.8 Å². The molecule has 1 aliphatic rings. The molecule has 118 valence electrons. The van der Waals surface area contributed by atoms with Crippen molar-refractivity contribution in [2.45, 2.75) is 59.9 Å². The van der Waals surface area contributed by atoms with Crippen molar-refractivity contribution in [1.82, 2.24) is 5.32 Å². The van der Waals surface area contributed by atoms with Crippen LogP contribution in [-0.2, 0) is 0 Å². The third kappa shape index (κ3) is 3.26. The van der Waals surface area contributed by atoms with Gasteiger partial charge < -0.3 is 10.1 Å². The van der Waals surface area contributed by atoms with Gasteiger partial charge in [0.05, 0.1) is 7.11 Å². The molecule has 2 unspecified atom stereocenters. The fourth-order valence-electron chi connectivity index (χ4n) is 4.14. The van der Waals surface area contributed by atoms with Gasteiger partial charge in [-0.3, -0.25) is 0 Å². The molecule has 2 rings (SSSR count). The monoisotopic (exact) mass is 289 g/mol. The van der Waals surface area contributed by atoms with Gasteiger partial charge >= 0.3 is 0 Å². The standard InChI is InChI=1S/C19H31NO/c1-7-20-18(15-9-8-10-19(15,4)5)17-14(3)11-13(2)12-16(17)21-6/h11-12,15,18,20H,7-10H2,1-6H3. The molecule has 0 spiro atoms. The number of benzene rings is 1. The van der Waals surface area contributed by atoms with Gasteiger partial charge in [0.2, 0.25) is 0 Å². The highest BCUT2D eigenvalue weighted by atomic mass is 16.5. The minimum absolute atomic E-state index is 0.392. The van der Waals surface area contributed by atoms with Gasteiger partial charge in [-0.25, -0.2) is 0 Å². The summed E-state index contributed by atoms with van der Waals surface area (Å²) in [5, 5.41) is 3.75. The summed E-state index contributed by atoms with van der Waals surface area (Å²) in [4.78, 5) is 0. The lowest BCUT2D eigenvalue weighted by molar-refractivity contribution is 0.196. The van der Waals surface area contributed by atoms with Crippen LogP contribution in [0.2, 0.25) is 0 Å². The van der Waals surface area contributed by atoms with E-state index in [4.69, 9.17) is 4.74 Å². The number of nitrogens with one attached hydrogen (secondary N) is 1. The van der Waals surface area contributed by atoms with Gasteiger partial charge in [0.25, 0.3) is 0 Å². The second-order valence-corrected chi connectivity index (χ2v) is 7.22. The number of rotatable bonds is 5. The Kier molecular flexibility index (Phi) is 4.98. The molecule has 0 heterocycles. The largest absolute Gasteiger partial charge is 0.496 e. The average Bonchev–Trinajstić information content (AvgIpc) is 2.75. The van der Waals surface area contributed by atoms with Crippen molar-refractivity contribution in [1.29, 1.82) is 0 Å². The predicted octanol–water partition coefficient (Wildman–Crippen LogP) is 4.79. The molecule has 1 N–H and O–H groups in total. The first-order valence-electron chi connectivity index (χ1n) is 8.29. The van der Waals surface area contributed by atoms with E-state index in [0.717, 1.165) is 12.3 Å². The highest BCUT2D eigenvalue weighted by Crippen LogP contribution is 2.50. The molecule has 2 nitrogen and oxygen atoms in total. The Labute approximate surface area is 130 Å². The SMILES string of the molecule is CCNC(c1c(C)cc(C)cc1OC)C1CCCC1(C)C. The van der Waals surface area contributed by atoms with E-state index < -0.39 is 0 Å². The molecule has 2 atom stereocenters. The van der Waals surface area contributed by atoms with Crippen LogP contribution in [0.4, 0.5) is 0 Å². The fourth-order valence-corrected chi connectivity index (χ4v) is 4.14. The van der Waals surface area contributed by atoms with E-state index in [-0.39, 0.29) is 0 Å². The molecule has 1 fully saturated rings. The molecule has 0 bridgehead atoms. The first-order chi connectivity index (χ1) is 9.90. The summed E-state index contributed by atoms with van der Waals surface area (Å²) in [6.45, 7) is 12.4. The molecule has 1 saturated carbocycles. The second kappa shape index (κ2) is 6.39. The van der Waals surface area contributed by atoms with Gasteiger partial charge in [-0.1, -0.05) is 33.3 Å². The Morgan fingerprint density at radius 1 is 1.33 bits per heavy atom. The van der Waals surface area contributed by atoms with Crippen LogP contribution in [0, 0.1) is 25.2 Å². The lowest BCUT2D eigenvalue weighted by atomic mass is 9.74. The number of hydrogen-bond donors (Lipinski definition) is 1. The van der Waals surface area contributed by atoms with Crippen molar-refractivity contribution in [3.8, 4) is 5.75 Å². The Morgan fingerprint density at radius 3 is 2.57 bits per heavy atom. The van der Waals surface area contributed by atoms with Gasteiger partial charge in [0, 0.05) is 11.6 Å². The molecule has 0 radical (unpaired) electrons. The number of ether oxygens (including phenoxy) is 1. The summed E-state index contributed by atoms with van der Waals surface area (Å²) in [7, 11) is 1.79. The van der Waals surface area contributed by atoms with Crippen molar-refractivity contribution in [2.24, 2.45) is 11.3 Å². The predicted molar refractivity (Wildman–Crippen MR) is 90.0 cm³/mol. The van der Waals surface area contributed by atoms with Crippen LogP contribution >= 0.6 is 0 Å². The molecule has 21 heavy (non-hydrogen) atoms. The summed E-state index contributed by atoms with van der Waals surface area (Å²) in [5.74, 6) is 1.72. The fraction of sp³-hybridized carbons (Fsp3) is 0.684. The summed E-state index contributed by atoms with van der Waals surface area (Å²) in [5.41, 5.74) is 4.38. The van der Waals surface area contributed by atoms with Crippen LogP contribution in [0.15, 0.2) is 12.1 Å².